The predicted molar refractivity (Wildman–Crippen MR) is 62.4 cm³/mol. The molecule has 0 bridgehead atoms. The minimum atomic E-state index is 0. The molecule has 2 aliphatic carbocycles. The van der Waals surface area contributed by atoms with Crippen LogP contribution in [-0.2, 0) is 37.5 Å². The van der Waals surface area contributed by atoms with Crippen molar-refractivity contribution < 1.29 is 37.5 Å². The Kier molecular flexibility index (Phi) is 6.73. The largest absolute Gasteiger partial charge is 3.00 e. The van der Waals surface area contributed by atoms with E-state index in [9.17, 15) is 4.79 Å². The van der Waals surface area contributed by atoms with Gasteiger partial charge in [-0.1, -0.05) is 31.6 Å². The van der Waals surface area contributed by atoms with E-state index in [1.807, 2.05) is 0 Å². The molecule has 0 aromatic heterocycles. The molecule has 86 valence electrons. The molecule has 0 saturated heterocycles. The molecular weight excluding hydrogens is 273 g/mol. The summed E-state index contributed by atoms with van der Waals surface area (Å²) in [5.74, 6) is 3.19. The van der Waals surface area contributed by atoms with Crippen LogP contribution in [0.15, 0.2) is 0 Å². The van der Waals surface area contributed by atoms with Gasteiger partial charge in [0.2, 0.25) is 0 Å². The third kappa shape index (κ3) is 3.91. The quantitative estimate of drug-likeness (QED) is 0.709. The van der Waals surface area contributed by atoms with Crippen LogP contribution in [0.1, 0.15) is 57.8 Å². The minimum absolute atomic E-state index is 0. The van der Waals surface area contributed by atoms with Crippen molar-refractivity contribution in [3.63, 3.8) is 0 Å². The van der Waals surface area contributed by atoms with Crippen LogP contribution in [0.4, 0.5) is 0 Å². The Balaban J connectivity index is 0.00000128. The number of carbonyl (C=O) groups excluding carboxylic acids is 1. The van der Waals surface area contributed by atoms with Crippen LogP contribution in [0, 0.1) is 24.7 Å². The van der Waals surface area contributed by atoms with Crippen LogP contribution in [-0.4, -0.2) is 5.78 Å². The number of hydrogen-bond donors (Lipinski definition) is 0. The van der Waals surface area contributed by atoms with Gasteiger partial charge in [-0.25, -0.2) is 0 Å². The molecule has 1 nitrogen and oxygen atoms in total. The Morgan fingerprint density at radius 2 is 1.44 bits per heavy atom. The first kappa shape index (κ1) is 14.8. The zero-order chi connectivity index (χ0) is 10.7. The first-order valence-corrected chi connectivity index (χ1v) is 6.60. The van der Waals surface area contributed by atoms with Crippen molar-refractivity contribution in [1.82, 2.24) is 0 Å². The van der Waals surface area contributed by atoms with E-state index in [0.717, 1.165) is 37.0 Å². The molecule has 2 fully saturated rings. The van der Waals surface area contributed by atoms with Gasteiger partial charge in [0, 0.05) is 12.8 Å². The summed E-state index contributed by atoms with van der Waals surface area (Å²) in [5.41, 5.74) is 0. The molecule has 0 amide bonds. The van der Waals surface area contributed by atoms with Gasteiger partial charge < -0.3 is 6.92 Å². The average Bonchev–Trinajstić information content (AvgIpc) is 2.30. The SMILES string of the molecule is [CH2-]CC1CCC(C2CCC(=O)CC2)CC1.[Y+3]. The third-order valence-corrected chi connectivity index (χ3v) is 4.55. The van der Waals surface area contributed by atoms with Crippen LogP contribution >= 0.6 is 0 Å². The molecule has 2 aliphatic rings. The molecule has 2 saturated carbocycles. The molecule has 0 radical (unpaired) electrons. The van der Waals surface area contributed by atoms with Crippen LogP contribution in [0.3, 0.4) is 0 Å². The molecular formula is C14H23OY+2. The standard InChI is InChI=1S/C14H23O.Y/c1-2-11-3-5-12(6-4-11)13-7-9-14(15)10-8-13;/h11-13H,1-10H2;/q-1;+3. The van der Waals surface area contributed by atoms with Gasteiger partial charge in [-0.05, 0) is 24.7 Å². The van der Waals surface area contributed by atoms with Gasteiger partial charge in [0.25, 0.3) is 0 Å². The average molecular weight is 296 g/mol. The summed E-state index contributed by atoms with van der Waals surface area (Å²) in [5, 5.41) is 0. The molecule has 0 aromatic rings. The first-order valence-electron chi connectivity index (χ1n) is 6.60. The topological polar surface area (TPSA) is 17.1 Å². The molecule has 0 N–H and O–H groups in total. The molecule has 0 heterocycles. The minimum Gasteiger partial charge on any atom is -0.343 e. The molecule has 0 unspecified atom stereocenters. The van der Waals surface area contributed by atoms with Crippen LogP contribution in [0.2, 0.25) is 0 Å². The Bertz CT molecular complexity index is 209. The summed E-state index contributed by atoms with van der Waals surface area (Å²) in [6.07, 6.45) is 10.8. The van der Waals surface area contributed by atoms with Gasteiger partial charge in [0.05, 0.1) is 0 Å². The number of Topliss-reactive ketones (excluding diaryl/α,β-unsaturated/α-hetero) is 1. The molecule has 0 aromatic carbocycles. The van der Waals surface area contributed by atoms with E-state index in [1.165, 1.54) is 38.5 Å². The second kappa shape index (κ2) is 7.26. The monoisotopic (exact) mass is 296 g/mol. The summed E-state index contributed by atoms with van der Waals surface area (Å²) in [4.78, 5) is 11.2. The Hall–Kier alpha value is 0.774. The van der Waals surface area contributed by atoms with Crippen molar-refractivity contribution in [3.05, 3.63) is 6.92 Å². The van der Waals surface area contributed by atoms with E-state index in [0.29, 0.717) is 5.78 Å². The van der Waals surface area contributed by atoms with E-state index >= 15 is 0 Å². The van der Waals surface area contributed by atoms with Gasteiger partial charge >= 0.3 is 32.7 Å². The van der Waals surface area contributed by atoms with Crippen LogP contribution in [0.25, 0.3) is 0 Å². The van der Waals surface area contributed by atoms with Gasteiger partial charge in [0.15, 0.2) is 0 Å². The van der Waals surface area contributed by atoms with Gasteiger partial charge in [-0.3, -0.25) is 4.79 Å². The summed E-state index contributed by atoms with van der Waals surface area (Å²) >= 11 is 0. The Labute approximate surface area is 125 Å². The van der Waals surface area contributed by atoms with E-state index in [1.54, 1.807) is 0 Å². The smallest absolute Gasteiger partial charge is 0.343 e. The fraction of sp³-hybridized carbons (Fsp3) is 0.857. The summed E-state index contributed by atoms with van der Waals surface area (Å²) in [6.45, 7) is 4.01. The van der Waals surface area contributed by atoms with Gasteiger partial charge in [0.1, 0.15) is 5.78 Å². The van der Waals surface area contributed by atoms with Gasteiger partial charge in [-0.15, -0.1) is 0 Å². The van der Waals surface area contributed by atoms with E-state index in [2.05, 4.69) is 6.92 Å². The van der Waals surface area contributed by atoms with Crippen molar-refractivity contribution in [2.75, 3.05) is 0 Å². The van der Waals surface area contributed by atoms with Crippen molar-refractivity contribution in [1.29, 1.82) is 0 Å². The fourth-order valence-corrected chi connectivity index (χ4v) is 3.38. The Morgan fingerprint density at radius 3 is 1.94 bits per heavy atom. The fourth-order valence-electron chi connectivity index (χ4n) is 3.38. The van der Waals surface area contributed by atoms with Crippen molar-refractivity contribution in [2.45, 2.75) is 57.8 Å². The number of hydrogen-bond acceptors (Lipinski definition) is 1. The normalized spacial score (nSPS) is 32.2. The van der Waals surface area contributed by atoms with Crippen LogP contribution in [0.5, 0.6) is 0 Å². The first-order chi connectivity index (χ1) is 7.29. The molecule has 16 heavy (non-hydrogen) atoms. The van der Waals surface area contributed by atoms with E-state index in [-0.39, 0.29) is 32.7 Å². The third-order valence-electron chi connectivity index (χ3n) is 4.55. The molecule has 0 atom stereocenters. The van der Waals surface area contributed by atoms with E-state index in [4.69, 9.17) is 0 Å². The molecule has 0 spiro atoms. The maximum Gasteiger partial charge on any atom is 3.00 e. The zero-order valence-corrected chi connectivity index (χ0v) is 13.1. The second-order valence-corrected chi connectivity index (χ2v) is 5.45. The second-order valence-electron chi connectivity index (χ2n) is 5.45. The van der Waals surface area contributed by atoms with Crippen molar-refractivity contribution >= 4 is 5.78 Å². The number of rotatable bonds is 2. The predicted octanol–water partition coefficient (Wildman–Crippen LogP) is 3.77. The summed E-state index contributed by atoms with van der Waals surface area (Å²) in [6, 6.07) is 0. The summed E-state index contributed by atoms with van der Waals surface area (Å²) < 4.78 is 0. The molecule has 2 heteroatoms. The molecule has 0 aliphatic heterocycles. The van der Waals surface area contributed by atoms with Gasteiger partial charge in [-0.2, -0.15) is 6.42 Å². The summed E-state index contributed by atoms with van der Waals surface area (Å²) in [7, 11) is 0. The van der Waals surface area contributed by atoms with Crippen molar-refractivity contribution in [2.24, 2.45) is 17.8 Å². The van der Waals surface area contributed by atoms with Crippen LogP contribution < -0.4 is 0 Å². The maximum absolute atomic E-state index is 11.2. The number of carbonyl (C=O) groups is 1. The van der Waals surface area contributed by atoms with Crippen molar-refractivity contribution in [3.8, 4) is 0 Å². The maximum atomic E-state index is 11.2. The zero-order valence-electron chi connectivity index (χ0n) is 10.3. The Morgan fingerprint density at radius 1 is 0.938 bits per heavy atom. The number of ketones is 1. The van der Waals surface area contributed by atoms with E-state index < -0.39 is 0 Å². The molecule has 2 rings (SSSR count).